The second kappa shape index (κ2) is 7.82. The molecule has 0 spiro atoms. The number of halogens is 3. The average molecular weight is 460 g/mol. The summed E-state index contributed by atoms with van der Waals surface area (Å²) < 4.78 is 45.8. The molecule has 4 heterocycles. The molecule has 2 aliphatic rings. The van der Waals surface area contributed by atoms with Crippen LogP contribution in [-0.2, 0) is 31.2 Å². The Morgan fingerprint density at radius 3 is 2.73 bits per heavy atom. The highest BCUT2D eigenvalue weighted by Gasteiger charge is 2.35. The molecule has 2 aliphatic heterocycles. The van der Waals surface area contributed by atoms with Crippen LogP contribution in [0.3, 0.4) is 0 Å². The third-order valence-corrected chi connectivity index (χ3v) is 6.15. The van der Waals surface area contributed by atoms with E-state index in [4.69, 9.17) is 0 Å². The number of nitrogens with one attached hydrogen (secondary N) is 1. The third kappa shape index (κ3) is 4.03. The molecule has 1 amide bonds. The van der Waals surface area contributed by atoms with Crippen molar-refractivity contribution >= 4 is 17.4 Å². The van der Waals surface area contributed by atoms with E-state index in [1.165, 1.54) is 23.9 Å². The lowest BCUT2D eigenvalue weighted by molar-refractivity contribution is -0.274. The Hall–Kier alpha value is -3.50. The molecule has 33 heavy (non-hydrogen) atoms. The number of amides is 1. The number of ether oxygens (including phenoxy) is 1. The van der Waals surface area contributed by atoms with E-state index < -0.39 is 6.36 Å². The zero-order valence-corrected chi connectivity index (χ0v) is 18.2. The first-order valence-corrected chi connectivity index (χ1v) is 10.7. The molecule has 3 aromatic rings. The van der Waals surface area contributed by atoms with Crippen molar-refractivity contribution in [2.45, 2.75) is 39.1 Å². The number of rotatable bonds is 3. The van der Waals surface area contributed by atoms with E-state index in [1.807, 2.05) is 4.90 Å². The second-order valence-electron chi connectivity index (χ2n) is 8.38. The van der Waals surface area contributed by atoms with Crippen LogP contribution in [0.4, 0.5) is 24.7 Å². The van der Waals surface area contributed by atoms with Gasteiger partial charge in [-0.05, 0) is 24.5 Å². The van der Waals surface area contributed by atoms with Crippen molar-refractivity contribution < 1.29 is 22.7 Å². The molecule has 11 heteroatoms. The monoisotopic (exact) mass is 460 g/mol. The van der Waals surface area contributed by atoms with Gasteiger partial charge in [-0.25, -0.2) is 0 Å². The van der Waals surface area contributed by atoms with Gasteiger partial charge in [0, 0.05) is 73.8 Å². The standard InChI is InChI=1S/C22H23F3N6O2/c1-13(32)30-7-5-18-17(12-30)21(28-27-18)31-6-3-4-14-8-16(15-10-26-29(2)11-15)20(9-19(14)31)33-22(23,24)25/h8-11H,3-7,12H2,1-2H3,(H,27,28). The van der Waals surface area contributed by atoms with Gasteiger partial charge in [-0.3, -0.25) is 14.6 Å². The SMILES string of the molecule is CC(=O)N1CCc2[nH]nc(N3CCCc4cc(-c5cnn(C)c5)c(OC(F)(F)F)cc43)c2C1. The summed E-state index contributed by atoms with van der Waals surface area (Å²) in [7, 11) is 1.71. The van der Waals surface area contributed by atoms with Gasteiger partial charge < -0.3 is 14.5 Å². The molecular weight excluding hydrogens is 437 g/mol. The Bertz CT molecular complexity index is 1220. The first kappa shape index (κ1) is 21.4. The predicted octanol–water partition coefficient (Wildman–Crippen LogP) is 3.70. The summed E-state index contributed by atoms with van der Waals surface area (Å²) in [5.74, 6) is 0.341. The van der Waals surface area contributed by atoms with Gasteiger partial charge >= 0.3 is 6.36 Å². The Labute approximate surface area is 187 Å². The van der Waals surface area contributed by atoms with Crippen LogP contribution in [0.1, 0.15) is 30.2 Å². The maximum Gasteiger partial charge on any atom is 0.573 e. The Balaban J connectivity index is 1.60. The van der Waals surface area contributed by atoms with E-state index in [-0.39, 0.29) is 11.7 Å². The summed E-state index contributed by atoms with van der Waals surface area (Å²) in [6, 6.07) is 3.19. The maximum absolute atomic E-state index is 13.3. The Kier molecular flexibility index (Phi) is 5.06. The van der Waals surface area contributed by atoms with Crippen LogP contribution in [0.15, 0.2) is 24.5 Å². The van der Waals surface area contributed by atoms with Gasteiger partial charge in [0.05, 0.1) is 12.7 Å². The van der Waals surface area contributed by atoms with Gasteiger partial charge in [-0.15, -0.1) is 13.2 Å². The van der Waals surface area contributed by atoms with Gasteiger partial charge in [-0.2, -0.15) is 10.2 Å². The number of aromatic nitrogens is 4. The van der Waals surface area contributed by atoms with Gasteiger partial charge in [0.25, 0.3) is 0 Å². The van der Waals surface area contributed by atoms with Gasteiger partial charge in [-0.1, -0.05) is 0 Å². The van der Waals surface area contributed by atoms with Gasteiger partial charge in [0.2, 0.25) is 5.91 Å². The third-order valence-electron chi connectivity index (χ3n) is 6.15. The maximum atomic E-state index is 13.3. The fraction of sp³-hybridized carbons (Fsp3) is 0.409. The summed E-state index contributed by atoms with van der Waals surface area (Å²) >= 11 is 0. The normalized spacial score (nSPS) is 15.9. The highest BCUT2D eigenvalue weighted by Crippen LogP contribution is 2.44. The number of carbonyl (C=O) groups excluding carboxylic acids is 1. The molecule has 174 valence electrons. The van der Waals surface area contributed by atoms with Crippen LogP contribution < -0.4 is 9.64 Å². The molecular formula is C22H23F3N6O2. The van der Waals surface area contributed by atoms with Crippen molar-refractivity contribution in [3.63, 3.8) is 0 Å². The number of H-pyrrole nitrogens is 1. The van der Waals surface area contributed by atoms with E-state index in [0.717, 1.165) is 29.7 Å². The average Bonchev–Trinajstić information content (AvgIpc) is 3.37. The van der Waals surface area contributed by atoms with Crippen molar-refractivity contribution in [1.29, 1.82) is 0 Å². The number of fused-ring (bicyclic) bond motifs is 2. The predicted molar refractivity (Wildman–Crippen MR) is 114 cm³/mol. The van der Waals surface area contributed by atoms with Crippen molar-refractivity contribution in [2.24, 2.45) is 7.05 Å². The number of aromatic amines is 1. The molecule has 8 nitrogen and oxygen atoms in total. The zero-order chi connectivity index (χ0) is 23.3. The second-order valence-corrected chi connectivity index (χ2v) is 8.38. The molecule has 0 saturated heterocycles. The lowest BCUT2D eigenvalue weighted by Crippen LogP contribution is -2.35. The smallest absolute Gasteiger partial charge is 0.405 e. The fourth-order valence-corrected chi connectivity index (χ4v) is 4.60. The summed E-state index contributed by atoms with van der Waals surface area (Å²) in [5.41, 5.74) is 4.28. The van der Waals surface area contributed by atoms with E-state index in [2.05, 4.69) is 20.0 Å². The zero-order valence-electron chi connectivity index (χ0n) is 18.2. The van der Waals surface area contributed by atoms with Crippen LogP contribution in [-0.4, -0.2) is 50.2 Å². The number of aryl methyl sites for hydroxylation is 2. The van der Waals surface area contributed by atoms with E-state index in [0.29, 0.717) is 48.7 Å². The van der Waals surface area contributed by atoms with E-state index in [9.17, 15) is 18.0 Å². The number of carbonyl (C=O) groups is 1. The number of anilines is 2. The molecule has 5 rings (SSSR count). The first-order chi connectivity index (χ1) is 15.7. The van der Waals surface area contributed by atoms with Gasteiger partial charge in [0.15, 0.2) is 5.82 Å². The minimum atomic E-state index is -4.84. The summed E-state index contributed by atoms with van der Waals surface area (Å²) in [5, 5.41) is 11.6. The van der Waals surface area contributed by atoms with Crippen LogP contribution in [0.2, 0.25) is 0 Å². The highest BCUT2D eigenvalue weighted by molar-refractivity contribution is 5.79. The molecule has 0 fully saturated rings. The minimum absolute atomic E-state index is 0.0196. The Morgan fingerprint density at radius 1 is 1.21 bits per heavy atom. The number of nitrogens with zero attached hydrogens (tertiary/aromatic N) is 5. The van der Waals surface area contributed by atoms with Crippen molar-refractivity contribution in [3.05, 3.63) is 41.3 Å². The van der Waals surface area contributed by atoms with Crippen molar-refractivity contribution in [1.82, 2.24) is 24.9 Å². The lowest BCUT2D eigenvalue weighted by Gasteiger charge is -2.33. The topological polar surface area (TPSA) is 79.3 Å². The summed E-state index contributed by atoms with van der Waals surface area (Å²) in [4.78, 5) is 15.6. The molecule has 0 atom stereocenters. The molecule has 0 saturated carbocycles. The lowest BCUT2D eigenvalue weighted by atomic mass is 9.95. The summed E-state index contributed by atoms with van der Waals surface area (Å²) in [6.45, 7) is 3.16. The minimum Gasteiger partial charge on any atom is -0.405 e. The number of hydrogen-bond acceptors (Lipinski definition) is 5. The van der Waals surface area contributed by atoms with Gasteiger partial charge in [0.1, 0.15) is 5.75 Å². The first-order valence-electron chi connectivity index (χ1n) is 10.7. The molecule has 0 aliphatic carbocycles. The van der Waals surface area contributed by atoms with Crippen molar-refractivity contribution in [3.8, 4) is 16.9 Å². The molecule has 0 bridgehead atoms. The quantitative estimate of drug-likeness (QED) is 0.645. The van der Waals surface area contributed by atoms with Crippen LogP contribution in [0.5, 0.6) is 5.75 Å². The molecule has 1 N–H and O–H groups in total. The summed E-state index contributed by atoms with van der Waals surface area (Å²) in [6.07, 6.45) is 0.537. The molecule has 2 aromatic heterocycles. The van der Waals surface area contributed by atoms with E-state index >= 15 is 0 Å². The van der Waals surface area contributed by atoms with E-state index in [1.54, 1.807) is 24.2 Å². The van der Waals surface area contributed by atoms with Crippen LogP contribution >= 0.6 is 0 Å². The fourth-order valence-electron chi connectivity index (χ4n) is 4.60. The van der Waals surface area contributed by atoms with Crippen molar-refractivity contribution in [2.75, 3.05) is 18.0 Å². The highest BCUT2D eigenvalue weighted by atomic mass is 19.4. The van der Waals surface area contributed by atoms with Crippen LogP contribution in [0.25, 0.3) is 11.1 Å². The number of alkyl halides is 3. The molecule has 0 radical (unpaired) electrons. The molecule has 0 unspecified atom stereocenters. The Morgan fingerprint density at radius 2 is 2.03 bits per heavy atom. The molecule has 1 aromatic carbocycles. The number of benzene rings is 1. The largest absolute Gasteiger partial charge is 0.573 e. The number of hydrogen-bond donors (Lipinski definition) is 1. The van der Waals surface area contributed by atoms with Crippen LogP contribution in [0, 0.1) is 0 Å².